The van der Waals surface area contributed by atoms with Crippen molar-refractivity contribution < 1.29 is 13.2 Å². The Labute approximate surface area is 94.4 Å². The van der Waals surface area contributed by atoms with Crippen LogP contribution in [0.25, 0.3) is 0 Å². The van der Waals surface area contributed by atoms with Crippen LogP contribution in [0.1, 0.15) is 19.3 Å². The van der Waals surface area contributed by atoms with E-state index in [4.69, 9.17) is 9.88 Å². The number of aromatic nitrogens is 2. The maximum atomic E-state index is 11.0. The SMILES string of the molecule is NS(=O)(=O)c1cnn(CCC2CCCO2)c1. The van der Waals surface area contributed by atoms with Crippen molar-refractivity contribution in [3.63, 3.8) is 0 Å². The molecule has 1 aromatic rings. The molecule has 0 amide bonds. The number of sulfonamides is 1. The molecule has 1 aliphatic heterocycles. The number of nitrogens with zero attached hydrogens (tertiary/aromatic N) is 2. The van der Waals surface area contributed by atoms with E-state index in [1.807, 2.05) is 0 Å². The fourth-order valence-corrected chi connectivity index (χ4v) is 2.22. The first kappa shape index (κ1) is 11.6. The Morgan fingerprint density at radius 1 is 1.62 bits per heavy atom. The molecule has 16 heavy (non-hydrogen) atoms. The third-order valence-electron chi connectivity index (χ3n) is 2.64. The summed E-state index contributed by atoms with van der Waals surface area (Å²) in [5.41, 5.74) is 0. The van der Waals surface area contributed by atoms with Crippen molar-refractivity contribution in [2.75, 3.05) is 6.61 Å². The van der Waals surface area contributed by atoms with Gasteiger partial charge in [-0.2, -0.15) is 5.10 Å². The van der Waals surface area contributed by atoms with E-state index < -0.39 is 10.0 Å². The topological polar surface area (TPSA) is 87.2 Å². The molecule has 0 aromatic carbocycles. The second-order valence-electron chi connectivity index (χ2n) is 3.91. The molecular formula is C9H15N3O3S. The van der Waals surface area contributed by atoms with Crippen LogP contribution in [0, 0.1) is 0 Å². The number of rotatable bonds is 4. The molecule has 0 spiro atoms. The van der Waals surface area contributed by atoms with E-state index in [1.165, 1.54) is 12.4 Å². The van der Waals surface area contributed by atoms with Gasteiger partial charge < -0.3 is 4.74 Å². The molecule has 1 aromatic heterocycles. The molecule has 0 bridgehead atoms. The Morgan fingerprint density at radius 2 is 2.44 bits per heavy atom. The van der Waals surface area contributed by atoms with Gasteiger partial charge in [-0.15, -0.1) is 0 Å². The lowest BCUT2D eigenvalue weighted by molar-refractivity contribution is 0.0994. The van der Waals surface area contributed by atoms with Crippen molar-refractivity contribution in [1.82, 2.24) is 9.78 Å². The summed E-state index contributed by atoms with van der Waals surface area (Å²) in [6.45, 7) is 1.48. The summed E-state index contributed by atoms with van der Waals surface area (Å²) in [5.74, 6) is 0. The largest absolute Gasteiger partial charge is 0.378 e. The molecular weight excluding hydrogens is 230 g/mol. The number of ether oxygens (including phenoxy) is 1. The molecule has 1 unspecified atom stereocenters. The summed E-state index contributed by atoms with van der Waals surface area (Å²) in [6.07, 6.45) is 6.03. The van der Waals surface area contributed by atoms with Crippen LogP contribution in [0.3, 0.4) is 0 Å². The molecule has 0 aliphatic carbocycles. The minimum atomic E-state index is -3.63. The van der Waals surface area contributed by atoms with Crippen molar-refractivity contribution in [1.29, 1.82) is 0 Å². The first-order valence-electron chi connectivity index (χ1n) is 5.22. The minimum absolute atomic E-state index is 0.0554. The lowest BCUT2D eigenvalue weighted by atomic mass is 10.2. The normalized spacial score (nSPS) is 21.4. The van der Waals surface area contributed by atoms with Crippen LogP contribution >= 0.6 is 0 Å². The monoisotopic (exact) mass is 245 g/mol. The molecule has 7 heteroatoms. The summed E-state index contributed by atoms with van der Waals surface area (Å²) in [4.78, 5) is 0.0554. The molecule has 1 fully saturated rings. The molecule has 0 radical (unpaired) electrons. The molecule has 1 atom stereocenters. The van der Waals surface area contributed by atoms with Crippen LogP contribution < -0.4 is 5.14 Å². The molecule has 6 nitrogen and oxygen atoms in total. The lowest BCUT2D eigenvalue weighted by Crippen LogP contribution is -2.12. The van der Waals surface area contributed by atoms with Crippen LogP contribution in [0.2, 0.25) is 0 Å². The maximum absolute atomic E-state index is 11.0. The summed E-state index contributed by atoms with van der Waals surface area (Å²) < 4.78 is 29.1. The van der Waals surface area contributed by atoms with E-state index in [2.05, 4.69) is 5.10 Å². The predicted molar refractivity (Wildman–Crippen MR) is 57.2 cm³/mol. The predicted octanol–water partition coefficient (Wildman–Crippen LogP) is 0.0996. The highest BCUT2D eigenvalue weighted by Gasteiger charge is 2.16. The van der Waals surface area contributed by atoms with Crippen molar-refractivity contribution in [2.45, 2.75) is 36.8 Å². The third-order valence-corrected chi connectivity index (χ3v) is 3.51. The minimum Gasteiger partial charge on any atom is -0.378 e. The van der Waals surface area contributed by atoms with Gasteiger partial charge in [0, 0.05) is 19.3 Å². The second-order valence-corrected chi connectivity index (χ2v) is 5.47. The quantitative estimate of drug-likeness (QED) is 0.815. The van der Waals surface area contributed by atoms with Gasteiger partial charge in [0.1, 0.15) is 4.90 Å². The molecule has 2 rings (SSSR count). The van der Waals surface area contributed by atoms with Gasteiger partial charge in [-0.1, -0.05) is 0 Å². The molecule has 1 aliphatic rings. The smallest absolute Gasteiger partial charge is 0.241 e. The third kappa shape index (κ3) is 2.81. The average molecular weight is 245 g/mol. The van der Waals surface area contributed by atoms with Gasteiger partial charge in [-0.05, 0) is 19.3 Å². The first-order valence-corrected chi connectivity index (χ1v) is 6.77. The average Bonchev–Trinajstić information content (AvgIpc) is 2.85. The van der Waals surface area contributed by atoms with Gasteiger partial charge in [0.15, 0.2) is 0 Å². The molecule has 0 saturated carbocycles. The maximum Gasteiger partial charge on any atom is 0.241 e. The zero-order valence-electron chi connectivity index (χ0n) is 8.87. The Hall–Kier alpha value is -0.920. The van der Waals surface area contributed by atoms with Gasteiger partial charge in [0.25, 0.3) is 0 Å². The van der Waals surface area contributed by atoms with Crippen molar-refractivity contribution in [3.8, 4) is 0 Å². The Bertz CT molecular complexity index is 448. The number of primary sulfonamides is 1. The van der Waals surface area contributed by atoms with E-state index in [-0.39, 0.29) is 11.0 Å². The molecule has 90 valence electrons. The van der Waals surface area contributed by atoms with Gasteiger partial charge in [0.05, 0.1) is 12.3 Å². The molecule has 2 heterocycles. The summed E-state index contributed by atoms with van der Waals surface area (Å²) in [5, 5.41) is 8.93. The Morgan fingerprint density at radius 3 is 3.00 bits per heavy atom. The van der Waals surface area contributed by atoms with Crippen LogP contribution in [-0.4, -0.2) is 30.9 Å². The fourth-order valence-electron chi connectivity index (χ4n) is 1.76. The Balaban J connectivity index is 1.92. The number of hydrogen-bond donors (Lipinski definition) is 1. The van der Waals surface area contributed by atoms with E-state index in [9.17, 15) is 8.42 Å². The zero-order chi connectivity index (χ0) is 11.6. The first-order chi connectivity index (χ1) is 7.55. The fraction of sp³-hybridized carbons (Fsp3) is 0.667. The Kier molecular flexibility index (Phi) is 3.27. The van der Waals surface area contributed by atoms with Crippen molar-refractivity contribution >= 4 is 10.0 Å². The van der Waals surface area contributed by atoms with E-state index in [0.717, 1.165) is 25.9 Å². The number of nitrogens with two attached hydrogens (primary N) is 1. The highest BCUT2D eigenvalue weighted by Crippen LogP contribution is 2.16. The highest BCUT2D eigenvalue weighted by molar-refractivity contribution is 7.89. The second kappa shape index (κ2) is 4.52. The lowest BCUT2D eigenvalue weighted by Gasteiger charge is -2.08. The summed E-state index contributed by atoms with van der Waals surface area (Å²) in [7, 11) is -3.63. The zero-order valence-corrected chi connectivity index (χ0v) is 9.69. The molecule has 2 N–H and O–H groups in total. The van der Waals surface area contributed by atoms with Crippen LogP contribution in [0.5, 0.6) is 0 Å². The van der Waals surface area contributed by atoms with Gasteiger partial charge in [-0.3, -0.25) is 4.68 Å². The van der Waals surface area contributed by atoms with Gasteiger partial charge in [-0.25, -0.2) is 13.6 Å². The molecule has 1 saturated heterocycles. The van der Waals surface area contributed by atoms with E-state index in [0.29, 0.717) is 6.54 Å². The van der Waals surface area contributed by atoms with Crippen molar-refractivity contribution in [2.24, 2.45) is 5.14 Å². The standard InChI is InChI=1S/C9H15N3O3S/c10-16(13,14)9-6-11-12(7-9)4-3-8-2-1-5-15-8/h6-8H,1-5H2,(H2,10,13,14). The van der Waals surface area contributed by atoms with Gasteiger partial charge in [0.2, 0.25) is 10.0 Å². The van der Waals surface area contributed by atoms with Crippen LogP contribution in [-0.2, 0) is 21.3 Å². The summed E-state index contributed by atoms with van der Waals surface area (Å²) in [6, 6.07) is 0. The van der Waals surface area contributed by atoms with Crippen LogP contribution in [0.4, 0.5) is 0 Å². The van der Waals surface area contributed by atoms with E-state index >= 15 is 0 Å². The summed E-state index contributed by atoms with van der Waals surface area (Å²) >= 11 is 0. The number of hydrogen-bond acceptors (Lipinski definition) is 4. The van der Waals surface area contributed by atoms with E-state index in [1.54, 1.807) is 4.68 Å². The van der Waals surface area contributed by atoms with Crippen LogP contribution in [0.15, 0.2) is 17.3 Å². The highest BCUT2D eigenvalue weighted by atomic mass is 32.2. The van der Waals surface area contributed by atoms with Crippen molar-refractivity contribution in [3.05, 3.63) is 12.4 Å². The van der Waals surface area contributed by atoms with Gasteiger partial charge >= 0.3 is 0 Å². The number of aryl methyl sites for hydroxylation is 1.